The number of ether oxygens (including phenoxy) is 5. The molecule has 1 aromatic carbocycles. The first kappa shape index (κ1) is 30.1. The number of phenolic OH excluding ortho intramolecular Hbond substituents is 2. The van der Waals surface area contributed by atoms with Crippen molar-refractivity contribution in [2.75, 3.05) is 6.61 Å². The third-order valence-corrected chi connectivity index (χ3v) is 7.35. The molecule has 15 nitrogen and oxygen atoms in total. The molecule has 0 aromatic heterocycles. The highest BCUT2D eigenvalue weighted by Crippen LogP contribution is 2.39. The van der Waals surface area contributed by atoms with E-state index in [1.165, 1.54) is 31.2 Å². The summed E-state index contributed by atoms with van der Waals surface area (Å²) in [5.41, 5.74) is 0.334. The summed E-state index contributed by atoms with van der Waals surface area (Å²) in [5.74, 6) is -1.77. The van der Waals surface area contributed by atoms with Crippen LogP contribution in [0.2, 0.25) is 0 Å². The normalized spacial score (nSPS) is 38.5. The maximum Gasteiger partial charge on any atom is 0.229 e. The SMILES string of the molecule is C[C@H]1O[C@H](OC[C@H]2O[C@@H](OC3=C(c4ccc(O)c(O)c4)OC4C=C(O)C=C(O)C4=C3)[C@H](O)[C@@H](O)[C@@H]2O)[C@H](O)[C@@H](O)[C@@H]1O. The monoisotopic (exact) mass is 596 g/mol. The third kappa shape index (κ3) is 5.66. The molecule has 10 N–H and O–H groups in total. The van der Waals surface area contributed by atoms with Gasteiger partial charge in [-0.1, -0.05) is 0 Å². The Hall–Kier alpha value is -3.38. The minimum Gasteiger partial charge on any atom is -0.508 e. The lowest BCUT2D eigenvalue weighted by atomic mass is 9.96. The number of phenols is 2. The summed E-state index contributed by atoms with van der Waals surface area (Å²) in [4.78, 5) is 0. The molecule has 42 heavy (non-hydrogen) atoms. The number of aliphatic hydroxyl groups is 8. The van der Waals surface area contributed by atoms with Crippen LogP contribution in [0.5, 0.6) is 11.5 Å². The topological polar surface area (TPSA) is 248 Å². The van der Waals surface area contributed by atoms with Crippen molar-refractivity contribution in [1.29, 1.82) is 0 Å². The molecule has 11 atom stereocenters. The fraction of sp³-hybridized carbons (Fsp3) is 0.481. The Morgan fingerprint density at radius 1 is 0.762 bits per heavy atom. The van der Waals surface area contributed by atoms with Crippen molar-refractivity contribution < 1.29 is 74.7 Å². The van der Waals surface area contributed by atoms with Crippen molar-refractivity contribution in [3.63, 3.8) is 0 Å². The van der Waals surface area contributed by atoms with Gasteiger partial charge < -0.3 is 74.7 Å². The number of hydrogen-bond donors (Lipinski definition) is 10. The van der Waals surface area contributed by atoms with Crippen LogP contribution in [-0.4, -0.2) is 125 Å². The lowest BCUT2D eigenvalue weighted by Gasteiger charge is -2.42. The van der Waals surface area contributed by atoms with Crippen molar-refractivity contribution in [1.82, 2.24) is 0 Å². The van der Waals surface area contributed by atoms with Crippen molar-refractivity contribution in [2.45, 2.75) is 74.4 Å². The number of hydrogen-bond acceptors (Lipinski definition) is 15. The fourth-order valence-corrected chi connectivity index (χ4v) is 4.89. The van der Waals surface area contributed by atoms with Crippen LogP contribution >= 0.6 is 0 Å². The third-order valence-electron chi connectivity index (χ3n) is 7.35. The number of rotatable bonds is 6. The van der Waals surface area contributed by atoms with E-state index in [2.05, 4.69) is 0 Å². The quantitative estimate of drug-likeness (QED) is 0.171. The number of benzene rings is 1. The Bertz CT molecular complexity index is 1300. The molecule has 1 unspecified atom stereocenters. The van der Waals surface area contributed by atoms with Gasteiger partial charge >= 0.3 is 0 Å². The van der Waals surface area contributed by atoms with Gasteiger partial charge in [0.15, 0.2) is 29.3 Å². The van der Waals surface area contributed by atoms with Gasteiger partial charge in [-0.25, -0.2) is 0 Å². The highest BCUT2D eigenvalue weighted by atomic mass is 16.7. The standard InChI is InChI=1S/C27H32O15/c1-9-19(32)21(34)23(36)26(39-9)38-8-18-20(33)22(35)24(37)27(42-18)41-17-7-12-14(30)5-11(28)6-16(12)40-25(17)10-2-3-13(29)15(31)4-10/h2-7,9,16,18-24,26-37H,8H2,1H3/t9-,16?,18-,19-,20-,21+,22+,23-,24-,26+,27-/m1/s1. The lowest BCUT2D eigenvalue weighted by Crippen LogP contribution is -2.61. The average Bonchev–Trinajstić information content (AvgIpc) is 2.95. The lowest BCUT2D eigenvalue weighted by molar-refractivity contribution is -0.323. The van der Waals surface area contributed by atoms with E-state index in [9.17, 15) is 51.1 Å². The van der Waals surface area contributed by atoms with Gasteiger partial charge in [-0.15, -0.1) is 0 Å². The van der Waals surface area contributed by atoms with E-state index in [1.54, 1.807) is 0 Å². The van der Waals surface area contributed by atoms with Gasteiger partial charge in [0.25, 0.3) is 0 Å². The molecule has 5 rings (SSSR count). The van der Waals surface area contributed by atoms with Gasteiger partial charge in [0, 0.05) is 23.3 Å². The van der Waals surface area contributed by atoms with E-state index in [0.717, 1.165) is 12.1 Å². The molecule has 230 valence electrons. The van der Waals surface area contributed by atoms with E-state index in [4.69, 9.17) is 23.7 Å². The summed E-state index contributed by atoms with van der Waals surface area (Å²) >= 11 is 0. The maximum absolute atomic E-state index is 10.7. The van der Waals surface area contributed by atoms with Crippen molar-refractivity contribution >= 4 is 5.76 Å². The molecule has 3 aliphatic heterocycles. The van der Waals surface area contributed by atoms with E-state index in [1.807, 2.05) is 0 Å². The largest absolute Gasteiger partial charge is 0.508 e. The molecule has 2 saturated heterocycles. The van der Waals surface area contributed by atoms with Gasteiger partial charge in [-0.05, 0) is 31.2 Å². The van der Waals surface area contributed by atoms with Crippen LogP contribution in [0.3, 0.4) is 0 Å². The number of aliphatic hydroxyl groups excluding tert-OH is 8. The molecule has 1 aromatic rings. The van der Waals surface area contributed by atoms with Gasteiger partial charge in [0.1, 0.15) is 60.4 Å². The molecule has 0 amide bonds. The van der Waals surface area contributed by atoms with Gasteiger partial charge in [-0.2, -0.15) is 0 Å². The van der Waals surface area contributed by atoms with Crippen LogP contribution < -0.4 is 0 Å². The molecule has 4 aliphatic rings. The van der Waals surface area contributed by atoms with Crippen LogP contribution in [0.25, 0.3) is 5.76 Å². The fourth-order valence-electron chi connectivity index (χ4n) is 4.89. The zero-order valence-corrected chi connectivity index (χ0v) is 22.0. The average molecular weight is 597 g/mol. The highest BCUT2D eigenvalue weighted by Gasteiger charge is 2.48. The highest BCUT2D eigenvalue weighted by molar-refractivity contribution is 5.70. The number of fused-ring (bicyclic) bond motifs is 1. The summed E-state index contributed by atoms with van der Waals surface area (Å²) in [6.45, 7) is 0.931. The summed E-state index contributed by atoms with van der Waals surface area (Å²) in [6.07, 6.45) is -12.6. The summed E-state index contributed by atoms with van der Waals surface area (Å²) in [6, 6.07) is 3.72. The Balaban J connectivity index is 1.40. The van der Waals surface area contributed by atoms with Crippen molar-refractivity contribution in [3.8, 4) is 11.5 Å². The number of allylic oxidation sites excluding steroid dienone is 2. The second-order valence-electron chi connectivity index (χ2n) is 10.3. The predicted molar refractivity (Wildman–Crippen MR) is 137 cm³/mol. The first-order valence-corrected chi connectivity index (χ1v) is 13.0. The minimum atomic E-state index is -1.82. The van der Waals surface area contributed by atoms with E-state index in [-0.39, 0.29) is 34.2 Å². The number of aromatic hydroxyl groups is 2. The first-order valence-electron chi connectivity index (χ1n) is 13.0. The van der Waals surface area contributed by atoms with E-state index >= 15 is 0 Å². The molecule has 3 heterocycles. The van der Waals surface area contributed by atoms with E-state index < -0.39 is 85.6 Å². The van der Waals surface area contributed by atoms with Gasteiger partial charge in [-0.3, -0.25) is 0 Å². The van der Waals surface area contributed by atoms with E-state index in [0.29, 0.717) is 0 Å². The second kappa shape index (κ2) is 11.7. The molecule has 15 heteroatoms. The van der Waals surface area contributed by atoms with Crippen LogP contribution in [0.15, 0.2) is 59.3 Å². The summed E-state index contributed by atoms with van der Waals surface area (Å²) in [5, 5.41) is 102. The van der Waals surface area contributed by atoms with Gasteiger partial charge in [0.05, 0.1) is 12.7 Å². The zero-order chi connectivity index (χ0) is 30.5. The smallest absolute Gasteiger partial charge is 0.229 e. The van der Waals surface area contributed by atoms with Crippen LogP contribution in [0.4, 0.5) is 0 Å². The summed E-state index contributed by atoms with van der Waals surface area (Å²) < 4.78 is 28.4. The molecule has 0 spiro atoms. The Kier molecular flexibility index (Phi) is 8.39. The van der Waals surface area contributed by atoms with Crippen molar-refractivity contribution in [2.24, 2.45) is 0 Å². The van der Waals surface area contributed by atoms with Crippen LogP contribution in [-0.2, 0) is 23.7 Å². The Labute approximate surface area is 238 Å². The van der Waals surface area contributed by atoms with Gasteiger partial charge in [0.2, 0.25) is 6.29 Å². The maximum atomic E-state index is 10.7. The Morgan fingerprint density at radius 2 is 1.45 bits per heavy atom. The molecular weight excluding hydrogens is 564 g/mol. The predicted octanol–water partition coefficient (Wildman–Crippen LogP) is -1.34. The molecule has 0 bridgehead atoms. The zero-order valence-electron chi connectivity index (χ0n) is 22.0. The first-order chi connectivity index (χ1) is 19.8. The molecule has 0 saturated carbocycles. The molecule has 2 fully saturated rings. The molecule has 1 aliphatic carbocycles. The van der Waals surface area contributed by atoms with Crippen LogP contribution in [0, 0.1) is 0 Å². The molecule has 0 radical (unpaired) electrons. The van der Waals surface area contributed by atoms with Crippen molar-refractivity contribution in [3.05, 3.63) is 64.8 Å². The second-order valence-corrected chi connectivity index (χ2v) is 10.3. The van der Waals surface area contributed by atoms with Crippen LogP contribution in [0.1, 0.15) is 12.5 Å². The molecular formula is C27H32O15. The Morgan fingerprint density at radius 3 is 2.17 bits per heavy atom. The minimum absolute atomic E-state index is 0.0673. The summed E-state index contributed by atoms with van der Waals surface area (Å²) in [7, 11) is 0.